The second-order valence-electron chi connectivity index (χ2n) is 6.22. The Morgan fingerprint density at radius 1 is 0.654 bits per heavy atom. The third-order valence-corrected chi connectivity index (χ3v) is 11.2. The molecule has 0 bridgehead atoms. The van der Waals surface area contributed by atoms with Crippen molar-refractivity contribution >= 4 is 17.6 Å². The number of rotatable bonds is 14. The summed E-state index contributed by atoms with van der Waals surface area (Å²) in [5.74, 6) is 0.594. The average Bonchev–Trinajstić information content (AvgIpc) is 2.66. The predicted octanol–water partition coefficient (Wildman–Crippen LogP) is 4.75. The molecule has 8 heteroatoms. The molecule has 0 aromatic rings. The van der Waals surface area contributed by atoms with Gasteiger partial charge in [0.2, 0.25) is 0 Å². The summed E-state index contributed by atoms with van der Waals surface area (Å²) < 4.78 is 33.2. The van der Waals surface area contributed by atoms with Gasteiger partial charge >= 0.3 is 17.6 Å². The van der Waals surface area contributed by atoms with Crippen molar-refractivity contribution < 1.29 is 26.6 Å². The van der Waals surface area contributed by atoms with Crippen molar-refractivity contribution in [1.29, 1.82) is 0 Å². The lowest BCUT2D eigenvalue weighted by Crippen LogP contribution is -2.49. The van der Waals surface area contributed by atoms with Crippen LogP contribution in [0.4, 0.5) is 0 Å². The van der Waals surface area contributed by atoms with Crippen LogP contribution in [-0.4, -0.2) is 58.8 Å². The topological polar surface area (TPSA) is 55.4 Å². The van der Waals surface area contributed by atoms with Crippen molar-refractivity contribution in [3.8, 4) is 0 Å². The Morgan fingerprint density at radius 2 is 1.04 bits per heavy atom. The summed E-state index contributed by atoms with van der Waals surface area (Å²) in [6, 6.07) is 0.896. The zero-order chi connectivity index (χ0) is 20.6. The molecule has 0 aliphatic heterocycles. The van der Waals surface area contributed by atoms with Gasteiger partial charge in [0.15, 0.2) is 0 Å². The summed E-state index contributed by atoms with van der Waals surface area (Å²) in [6.07, 6.45) is 2.16. The monoisotopic (exact) mass is 412 g/mol. The van der Waals surface area contributed by atoms with Gasteiger partial charge in [-0.15, -0.1) is 0 Å². The molecule has 26 heavy (non-hydrogen) atoms. The maximum atomic E-state index is 5.76. The quantitative estimate of drug-likeness (QED) is 0.384. The molecule has 160 valence electrons. The smallest absolute Gasteiger partial charge is 0.377 e. The third kappa shape index (κ3) is 9.94. The van der Waals surface area contributed by atoms with Crippen LogP contribution in [0.3, 0.4) is 0 Å². The Bertz CT molecular complexity index is 291. The molecule has 0 spiro atoms. The molecule has 0 rings (SSSR count). The summed E-state index contributed by atoms with van der Waals surface area (Å²) in [5.41, 5.74) is 0.377. The summed E-state index contributed by atoms with van der Waals surface area (Å²) in [7, 11) is 0.263. The summed E-state index contributed by atoms with van der Waals surface area (Å²) in [6.45, 7) is 16.6. The zero-order valence-corrected chi connectivity index (χ0v) is 20.8. The molecule has 6 nitrogen and oxygen atoms in total. The molecule has 2 unspecified atom stereocenters. The molecule has 2 atom stereocenters. The van der Waals surface area contributed by atoms with Crippen molar-refractivity contribution in [3.05, 3.63) is 0 Å². The van der Waals surface area contributed by atoms with Crippen molar-refractivity contribution in [2.45, 2.75) is 72.9 Å². The Morgan fingerprint density at radius 3 is 1.27 bits per heavy atom. The molecule has 0 aliphatic rings. The summed E-state index contributed by atoms with van der Waals surface area (Å²) >= 11 is 0. The van der Waals surface area contributed by atoms with E-state index in [4.69, 9.17) is 26.6 Å². The first-order chi connectivity index (χ1) is 12.3. The minimum absolute atomic E-state index is 0.377. The highest BCUT2D eigenvalue weighted by atomic mass is 28.4. The van der Waals surface area contributed by atoms with Gasteiger partial charge in [-0.1, -0.05) is 34.1 Å². The largest absolute Gasteiger partial charge is 0.503 e. The van der Waals surface area contributed by atoms with E-state index in [1.807, 2.05) is 20.8 Å². The lowest BCUT2D eigenvalue weighted by Gasteiger charge is -2.32. The van der Waals surface area contributed by atoms with Crippen molar-refractivity contribution in [2.75, 3.05) is 41.2 Å². The Kier molecular flexibility index (Phi) is 17.7. The van der Waals surface area contributed by atoms with Crippen LogP contribution >= 0.6 is 0 Å². The molecule has 0 aliphatic carbocycles. The minimum Gasteiger partial charge on any atom is -0.377 e. The Labute approximate surface area is 164 Å². The lowest BCUT2D eigenvalue weighted by atomic mass is 10.2. The molecule has 0 fully saturated rings. The maximum absolute atomic E-state index is 5.76. The second kappa shape index (κ2) is 16.2. The highest BCUT2D eigenvalue weighted by Crippen LogP contribution is 2.28. The van der Waals surface area contributed by atoms with Crippen molar-refractivity contribution in [1.82, 2.24) is 0 Å². The van der Waals surface area contributed by atoms with Crippen LogP contribution < -0.4 is 0 Å². The second-order valence-corrected chi connectivity index (χ2v) is 12.3. The van der Waals surface area contributed by atoms with Gasteiger partial charge in [-0.05, 0) is 33.1 Å². The maximum Gasteiger partial charge on any atom is 0.503 e. The van der Waals surface area contributed by atoms with Crippen LogP contribution in [0.5, 0.6) is 0 Å². The fourth-order valence-electron chi connectivity index (χ4n) is 2.48. The van der Waals surface area contributed by atoms with Gasteiger partial charge in [0.25, 0.3) is 0 Å². The molecular weight excluding hydrogens is 368 g/mol. The van der Waals surface area contributed by atoms with Crippen molar-refractivity contribution in [3.63, 3.8) is 0 Å². The van der Waals surface area contributed by atoms with E-state index in [1.165, 1.54) is 0 Å². The third-order valence-electron chi connectivity index (χ3n) is 4.48. The van der Waals surface area contributed by atoms with Gasteiger partial charge in [0, 0.05) is 52.7 Å². The first-order valence-corrected chi connectivity index (χ1v) is 13.6. The highest BCUT2D eigenvalue weighted by molar-refractivity contribution is 6.62. The van der Waals surface area contributed by atoms with E-state index in [0.717, 1.165) is 18.9 Å². The van der Waals surface area contributed by atoms with Gasteiger partial charge in [-0.25, -0.2) is 0 Å². The van der Waals surface area contributed by atoms with E-state index in [-0.39, 0.29) is 0 Å². The zero-order valence-electron chi connectivity index (χ0n) is 18.8. The number of hydrogen-bond donors (Lipinski definition) is 0. The van der Waals surface area contributed by atoms with Crippen LogP contribution in [0.2, 0.25) is 11.6 Å². The predicted molar refractivity (Wildman–Crippen MR) is 111 cm³/mol. The van der Waals surface area contributed by atoms with Gasteiger partial charge < -0.3 is 26.6 Å². The SMILES string of the molecule is CCC(C)C[Si](OC)(OC)OC.CCO[Si](OCC)(OCC)C(C)CC. The first kappa shape index (κ1) is 28.4. The Balaban J connectivity index is 0. The van der Waals surface area contributed by atoms with Crippen LogP contribution in [-0.2, 0) is 26.6 Å². The van der Waals surface area contributed by atoms with E-state index in [9.17, 15) is 0 Å². The summed E-state index contributed by atoms with van der Waals surface area (Å²) in [5, 5.41) is 0. The minimum atomic E-state index is -2.40. The van der Waals surface area contributed by atoms with E-state index < -0.39 is 17.6 Å². The van der Waals surface area contributed by atoms with E-state index in [0.29, 0.717) is 31.3 Å². The molecular formula is C18H44O6Si2. The first-order valence-electron chi connectivity index (χ1n) is 9.87. The molecule has 0 saturated heterocycles. The van der Waals surface area contributed by atoms with Crippen LogP contribution in [0, 0.1) is 5.92 Å². The van der Waals surface area contributed by atoms with Crippen molar-refractivity contribution in [2.24, 2.45) is 5.92 Å². The fraction of sp³-hybridized carbons (Fsp3) is 1.00. The summed E-state index contributed by atoms with van der Waals surface area (Å²) in [4.78, 5) is 0. The fourth-order valence-corrected chi connectivity index (χ4v) is 7.43. The van der Waals surface area contributed by atoms with E-state index >= 15 is 0 Å². The molecule has 0 aromatic heterocycles. The normalized spacial score (nSPS) is 14.5. The molecule has 0 N–H and O–H groups in total. The van der Waals surface area contributed by atoms with Crippen LogP contribution in [0.25, 0.3) is 0 Å². The Hall–Kier alpha value is 0.194. The molecule has 0 amide bonds. The van der Waals surface area contributed by atoms with Crippen LogP contribution in [0.1, 0.15) is 61.3 Å². The van der Waals surface area contributed by atoms with Gasteiger partial charge in [0.1, 0.15) is 0 Å². The van der Waals surface area contributed by atoms with Gasteiger partial charge in [-0.3, -0.25) is 0 Å². The number of hydrogen-bond acceptors (Lipinski definition) is 6. The van der Waals surface area contributed by atoms with Gasteiger partial charge in [-0.2, -0.15) is 0 Å². The highest BCUT2D eigenvalue weighted by Gasteiger charge is 2.45. The standard InChI is InChI=1S/C10H24O3Si.C8H20O3Si/c1-6-10(5)14(11-7-2,12-8-3)13-9-4;1-6-8(2)7-12(9-3,10-4)11-5/h10H,6-9H2,1-5H3;8H,6-7H2,1-5H3. The van der Waals surface area contributed by atoms with Gasteiger partial charge in [0.05, 0.1) is 0 Å². The van der Waals surface area contributed by atoms with Crippen LogP contribution in [0.15, 0.2) is 0 Å². The molecule has 0 heterocycles. The van der Waals surface area contributed by atoms with E-state index in [2.05, 4.69) is 27.7 Å². The molecule has 0 radical (unpaired) electrons. The average molecular weight is 413 g/mol. The molecule has 0 aromatic carbocycles. The molecule has 0 saturated carbocycles. The van der Waals surface area contributed by atoms with E-state index in [1.54, 1.807) is 21.3 Å². The lowest BCUT2D eigenvalue weighted by molar-refractivity contribution is 0.0620.